The van der Waals surface area contributed by atoms with Gasteiger partial charge in [0.05, 0.1) is 35.3 Å². The summed E-state index contributed by atoms with van der Waals surface area (Å²) >= 11 is 1.01. The number of alkyl halides is 3. The first kappa shape index (κ1) is 40.4. The summed E-state index contributed by atoms with van der Waals surface area (Å²) in [6, 6.07) is 14.1. The van der Waals surface area contributed by atoms with Gasteiger partial charge >= 0.3 is 6.18 Å². The van der Waals surface area contributed by atoms with Crippen molar-refractivity contribution >= 4 is 50.9 Å². The highest BCUT2D eigenvalue weighted by molar-refractivity contribution is 7.89. The fraction of sp³-hybridized carbons (Fsp3) is 0.342. The van der Waals surface area contributed by atoms with Gasteiger partial charge in [0.2, 0.25) is 15.9 Å². The molecule has 1 aliphatic heterocycles. The van der Waals surface area contributed by atoms with E-state index in [1.165, 1.54) is 40.3 Å². The Kier molecular flexibility index (Phi) is 12.2. The maximum atomic E-state index is 13.8. The van der Waals surface area contributed by atoms with Gasteiger partial charge < -0.3 is 19.5 Å². The molecule has 1 amide bonds. The molecule has 54 heavy (non-hydrogen) atoms. The molecule has 11 nitrogen and oxygen atoms in total. The molecule has 0 bridgehead atoms. The molecule has 1 aliphatic rings. The summed E-state index contributed by atoms with van der Waals surface area (Å²) in [5, 5.41) is 2.69. The Morgan fingerprint density at radius 2 is 1.72 bits per heavy atom. The minimum atomic E-state index is -4.49. The number of rotatable bonds is 11. The number of benzene rings is 3. The number of thiazole rings is 1. The Morgan fingerprint density at radius 3 is 2.39 bits per heavy atom. The quantitative estimate of drug-likeness (QED) is 0.231. The Labute approximate surface area is 314 Å². The molecule has 1 aromatic heterocycles. The second-order valence-electron chi connectivity index (χ2n) is 13.5. The lowest BCUT2D eigenvalue weighted by atomic mass is 9.91. The molecule has 0 radical (unpaired) electrons. The Hall–Kier alpha value is -4.77. The van der Waals surface area contributed by atoms with Crippen molar-refractivity contribution in [1.29, 1.82) is 0 Å². The van der Waals surface area contributed by atoms with Gasteiger partial charge in [-0.15, -0.1) is 11.3 Å². The van der Waals surface area contributed by atoms with E-state index in [1.54, 1.807) is 64.1 Å². The van der Waals surface area contributed by atoms with Gasteiger partial charge in [-0.25, -0.2) is 8.42 Å². The smallest absolute Gasteiger partial charge is 0.416 e. The third-order valence-corrected chi connectivity index (χ3v) is 11.5. The Balaban J connectivity index is 1.43. The summed E-state index contributed by atoms with van der Waals surface area (Å²) in [5.74, 6) is -0.379. The summed E-state index contributed by atoms with van der Waals surface area (Å²) in [5.41, 5.74) is -0.593. The lowest BCUT2D eigenvalue weighted by Gasteiger charge is -2.26. The number of amides is 1. The van der Waals surface area contributed by atoms with Crippen LogP contribution in [0.2, 0.25) is 0 Å². The van der Waals surface area contributed by atoms with Gasteiger partial charge in [0.25, 0.3) is 5.56 Å². The van der Waals surface area contributed by atoms with Gasteiger partial charge in [0.1, 0.15) is 17.8 Å². The summed E-state index contributed by atoms with van der Waals surface area (Å²) in [6.07, 6.45) is -1.62. The predicted octanol–water partition coefficient (Wildman–Crippen LogP) is 4.71. The van der Waals surface area contributed by atoms with Crippen molar-refractivity contribution < 1.29 is 45.4 Å². The van der Waals surface area contributed by atoms with Crippen molar-refractivity contribution in [3.05, 3.63) is 102 Å². The van der Waals surface area contributed by atoms with E-state index in [0.29, 0.717) is 16.7 Å². The van der Waals surface area contributed by atoms with Crippen LogP contribution >= 0.6 is 11.3 Å². The van der Waals surface area contributed by atoms with Crippen LogP contribution in [0.4, 0.5) is 18.9 Å². The van der Waals surface area contributed by atoms with Gasteiger partial charge in [0.15, 0.2) is 17.3 Å². The first-order valence-corrected chi connectivity index (χ1v) is 19.1. The van der Waals surface area contributed by atoms with Crippen molar-refractivity contribution in [3.63, 3.8) is 0 Å². The zero-order valence-electron chi connectivity index (χ0n) is 30.3. The molecule has 0 atom stereocenters. The predicted molar refractivity (Wildman–Crippen MR) is 198 cm³/mol. The zero-order chi connectivity index (χ0) is 39.4. The Morgan fingerprint density at radius 1 is 1.00 bits per heavy atom. The number of ketones is 1. The van der Waals surface area contributed by atoms with Crippen LogP contribution < -0.4 is 29.5 Å². The van der Waals surface area contributed by atoms with E-state index in [4.69, 9.17) is 14.2 Å². The molecule has 288 valence electrons. The van der Waals surface area contributed by atoms with Gasteiger partial charge in [-0.1, -0.05) is 45.0 Å². The first-order chi connectivity index (χ1) is 25.4. The average molecular weight is 788 g/mol. The number of halogens is 3. The van der Waals surface area contributed by atoms with Crippen molar-refractivity contribution in [1.82, 2.24) is 8.87 Å². The highest BCUT2D eigenvalue weighted by Gasteiger charge is 2.31. The SMILES string of the molecule is COc1cc(C=c2sc(=CC(=O)C(C)(C)C)n(CC(=O)Nc3ccc(C)c(S(=O)(=O)N4CCOCC4)c3)c2=O)ccc1OCc1cccc(C(F)(F)F)c1. The normalized spacial score (nSPS) is 15.0. The van der Waals surface area contributed by atoms with Crippen molar-refractivity contribution in [2.45, 2.75) is 51.9 Å². The van der Waals surface area contributed by atoms with E-state index < -0.39 is 45.2 Å². The number of nitrogens with one attached hydrogen (secondary N) is 1. The number of methoxy groups -OCH3 is 1. The van der Waals surface area contributed by atoms with E-state index in [1.807, 2.05) is 0 Å². The molecule has 1 N–H and O–H groups in total. The largest absolute Gasteiger partial charge is 0.493 e. The molecular formula is C38H40F3N3O8S2. The number of carbonyl (C=O) groups excluding carboxylic acids is 2. The first-order valence-electron chi connectivity index (χ1n) is 16.8. The minimum Gasteiger partial charge on any atom is -0.493 e. The average Bonchev–Trinajstić information content (AvgIpc) is 3.40. The number of Topliss-reactive ketones (excluding diaryl/α,β-unsaturated/α-hetero) is 1. The molecule has 1 fully saturated rings. The van der Waals surface area contributed by atoms with E-state index in [-0.39, 0.29) is 70.0 Å². The van der Waals surface area contributed by atoms with Crippen molar-refractivity contribution in [3.8, 4) is 11.5 Å². The summed E-state index contributed by atoms with van der Waals surface area (Å²) < 4.78 is 85.7. The monoisotopic (exact) mass is 787 g/mol. The highest BCUT2D eigenvalue weighted by atomic mass is 32.2. The van der Waals surface area contributed by atoms with Gasteiger partial charge in [-0.05, 0) is 66.1 Å². The van der Waals surface area contributed by atoms with Gasteiger partial charge in [0, 0.05) is 30.3 Å². The number of anilines is 1. The molecular weight excluding hydrogens is 748 g/mol. The third-order valence-electron chi connectivity index (χ3n) is 8.43. The molecule has 0 unspecified atom stereocenters. The maximum absolute atomic E-state index is 13.8. The standard InChI is InChI=1S/C38H40F3N3O8S2/c1-24-9-11-28(20-32(24)54(48,49)43-13-15-51-16-14-43)42-34(46)22-44-35(21-33(45)37(2,3)4)53-31(36(44)47)19-25-10-12-29(30(18-25)50-5)52-23-26-7-6-8-27(17-26)38(39,40)41/h6-12,17-21H,13-16,22-23H2,1-5H3,(H,42,46). The number of morpholine rings is 1. The second kappa shape index (κ2) is 16.3. The van der Waals surface area contributed by atoms with Crippen LogP contribution in [0.5, 0.6) is 11.5 Å². The van der Waals surface area contributed by atoms with E-state index in [2.05, 4.69) is 5.32 Å². The van der Waals surface area contributed by atoms with Crippen LogP contribution in [-0.2, 0) is 43.7 Å². The molecule has 0 saturated carbocycles. The maximum Gasteiger partial charge on any atom is 0.416 e. The van der Waals surface area contributed by atoms with Gasteiger partial charge in [-0.2, -0.15) is 17.5 Å². The number of sulfonamides is 1. The van der Waals surface area contributed by atoms with Crippen LogP contribution in [0, 0.1) is 12.3 Å². The van der Waals surface area contributed by atoms with Crippen LogP contribution in [0.3, 0.4) is 0 Å². The van der Waals surface area contributed by atoms with Crippen LogP contribution in [0.15, 0.2) is 70.4 Å². The molecule has 5 rings (SSSR count). The molecule has 0 spiro atoms. The zero-order valence-corrected chi connectivity index (χ0v) is 31.9. The number of hydrogen-bond donors (Lipinski definition) is 1. The van der Waals surface area contributed by atoms with Crippen LogP contribution in [0.1, 0.15) is 43.0 Å². The number of aryl methyl sites for hydroxylation is 1. The topological polar surface area (TPSA) is 133 Å². The van der Waals surface area contributed by atoms with Crippen molar-refractivity contribution in [2.75, 3.05) is 38.7 Å². The number of carbonyl (C=O) groups is 2. The van der Waals surface area contributed by atoms with E-state index in [0.717, 1.165) is 23.5 Å². The van der Waals surface area contributed by atoms with Crippen molar-refractivity contribution in [2.24, 2.45) is 5.41 Å². The molecule has 4 aromatic rings. The lowest BCUT2D eigenvalue weighted by Crippen LogP contribution is -2.40. The number of hydrogen-bond acceptors (Lipinski definition) is 9. The van der Waals surface area contributed by atoms with Gasteiger partial charge in [-0.3, -0.25) is 19.0 Å². The third kappa shape index (κ3) is 9.66. The molecule has 0 aliphatic carbocycles. The molecule has 2 heterocycles. The molecule has 1 saturated heterocycles. The highest BCUT2D eigenvalue weighted by Crippen LogP contribution is 2.32. The number of ether oxygens (including phenoxy) is 3. The minimum absolute atomic E-state index is 0.0408. The lowest BCUT2D eigenvalue weighted by molar-refractivity contribution is -0.137. The molecule has 16 heteroatoms. The molecule has 3 aromatic carbocycles. The Bertz CT molecular complexity index is 2340. The van der Waals surface area contributed by atoms with Crippen LogP contribution in [0.25, 0.3) is 12.2 Å². The summed E-state index contributed by atoms with van der Waals surface area (Å²) in [4.78, 5) is 40.3. The number of aromatic nitrogens is 1. The van der Waals surface area contributed by atoms with E-state index in [9.17, 15) is 36.0 Å². The van der Waals surface area contributed by atoms with Crippen LogP contribution in [-0.4, -0.2) is 62.4 Å². The fourth-order valence-electron chi connectivity index (χ4n) is 5.39. The number of nitrogens with zero attached hydrogens (tertiary/aromatic N) is 2. The second-order valence-corrected chi connectivity index (χ2v) is 16.5. The fourth-order valence-corrected chi connectivity index (χ4v) is 8.09. The summed E-state index contributed by atoms with van der Waals surface area (Å²) in [7, 11) is -2.46. The van der Waals surface area contributed by atoms with E-state index >= 15 is 0 Å². The summed E-state index contributed by atoms with van der Waals surface area (Å²) in [6.45, 7) is 7.18.